The second-order valence-corrected chi connectivity index (χ2v) is 20.2. The van der Waals surface area contributed by atoms with Gasteiger partial charge in [0, 0.05) is 48.9 Å². The molecule has 8 heteroatoms. The van der Waals surface area contributed by atoms with Crippen LogP contribution in [0.4, 0.5) is 8.78 Å². The van der Waals surface area contributed by atoms with E-state index in [9.17, 15) is 4.39 Å². The fourth-order valence-electron chi connectivity index (χ4n) is 7.37. The van der Waals surface area contributed by atoms with E-state index >= 15 is 4.39 Å². The van der Waals surface area contributed by atoms with Crippen molar-refractivity contribution in [2.24, 2.45) is 0 Å². The van der Waals surface area contributed by atoms with Crippen molar-refractivity contribution in [3.63, 3.8) is 0 Å². The van der Waals surface area contributed by atoms with Crippen LogP contribution in [0, 0.1) is 23.8 Å². The zero-order valence-corrected chi connectivity index (χ0v) is 35.9. The molecule has 0 aliphatic rings. The number of aromatic nitrogens is 3. The number of nitrogens with zero attached hydrogens (tertiary/aromatic N) is 3. The first-order chi connectivity index (χ1) is 28.2. The minimum Gasteiger partial charge on any atom is -0.500 e. The number of halogens is 2. The van der Waals surface area contributed by atoms with Gasteiger partial charge < -0.3 is 14.0 Å². The van der Waals surface area contributed by atoms with Crippen LogP contribution in [0.25, 0.3) is 83.6 Å². The molecule has 0 aliphatic heterocycles. The summed E-state index contributed by atoms with van der Waals surface area (Å²) < 4.78 is 37.9. The molecule has 0 atom stereocenters. The first-order valence-electron chi connectivity index (χ1n) is 19.1. The molecule has 0 saturated carbocycles. The normalized spacial score (nSPS) is 11.3. The van der Waals surface area contributed by atoms with Gasteiger partial charge in [0.15, 0.2) is 0 Å². The monoisotopic (exact) mass is 966 g/mol. The SMILES string of the molecule is C[Si](C)(C)c1ccc(-c2[c-]cccc2)nc1.Fc1cc(-c2ccccc2)c(-n2c(-c3[c-]ccc4c3oc3cc(F)ccc34)nc3ccccc32)c(-c2ccccc2)c1.[Ir]. The third kappa shape index (κ3) is 7.83. The van der Waals surface area contributed by atoms with Crippen LogP contribution < -0.4 is 5.19 Å². The predicted octanol–water partition coefficient (Wildman–Crippen LogP) is 13.1. The summed E-state index contributed by atoms with van der Waals surface area (Å²) in [6.45, 7) is 7.00. The Bertz CT molecular complexity index is 2990. The zero-order valence-electron chi connectivity index (χ0n) is 32.5. The molecule has 1 radical (unpaired) electrons. The fraction of sp³-hybridized carbons (Fsp3) is 0.0588. The molecule has 0 spiro atoms. The van der Waals surface area contributed by atoms with Crippen LogP contribution in [0.5, 0.6) is 0 Å². The Labute approximate surface area is 356 Å². The molecule has 0 bridgehead atoms. The Hall–Kier alpha value is -6.31. The van der Waals surface area contributed by atoms with E-state index in [0.29, 0.717) is 22.6 Å². The van der Waals surface area contributed by atoms with Crippen LogP contribution in [-0.2, 0) is 20.1 Å². The van der Waals surface area contributed by atoms with E-state index < -0.39 is 8.07 Å². The van der Waals surface area contributed by atoms with Crippen molar-refractivity contribution in [2.75, 3.05) is 0 Å². The number of rotatable bonds is 6. The van der Waals surface area contributed by atoms with Crippen molar-refractivity contribution >= 4 is 46.2 Å². The van der Waals surface area contributed by atoms with Crippen LogP contribution in [0.3, 0.4) is 0 Å². The molecule has 0 N–H and O–H groups in total. The Morgan fingerprint density at radius 3 is 1.95 bits per heavy atom. The van der Waals surface area contributed by atoms with Crippen molar-refractivity contribution in [2.45, 2.75) is 19.6 Å². The summed E-state index contributed by atoms with van der Waals surface area (Å²) in [5.74, 6) is -0.122. The first-order valence-corrected chi connectivity index (χ1v) is 22.6. The first kappa shape index (κ1) is 39.5. The number of imidazole rings is 1. The standard InChI is InChI=1S/C37H21F2N2O.C14H16NSi.Ir/c38-25-18-19-27-28-14-9-15-29(36(28)42-34(27)22-25)37-40-32-16-7-8-17-33(32)41(37)35-30(23-10-3-1-4-11-23)20-26(39)21-31(35)24-12-5-2-6-13-24;1-16(2,3)13-9-10-14(15-11-13)12-7-5-4-6-8-12;/h1-14,16-22H;4-7,9-11H,1-3H3;/q2*-1;. The summed E-state index contributed by atoms with van der Waals surface area (Å²) in [6, 6.07) is 57.7. The van der Waals surface area contributed by atoms with Crippen molar-refractivity contribution < 1.29 is 33.3 Å². The number of pyridine rings is 1. The van der Waals surface area contributed by atoms with Crippen molar-refractivity contribution in [1.82, 2.24) is 14.5 Å². The average Bonchev–Trinajstić information content (AvgIpc) is 3.82. The maximum Gasteiger partial charge on any atom is 0.126 e. The summed E-state index contributed by atoms with van der Waals surface area (Å²) in [4.78, 5) is 9.61. The van der Waals surface area contributed by atoms with Gasteiger partial charge in [-0.2, -0.15) is 0 Å². The second kappa shape index (κ2) is 16.5. The number of benzene rings is 7. The molecule has 10 aromatic rings. The summed E-state index contributed by atoms with van der Waals surface area (Å²) >= 11 is 0. The van der Waals surface area contributed by atoms with Gasteiger partial charge in [0.05, 0.1) is 36.2 Å². The molecule has 0 fully saturated rings. The van der Waals surface area contributed by atoms with E-state index in [4.69, 9.17) is 9.40 Å². The molecule has 0 amide bonds. The van der Waals surface area contributed by atoms with E-state index in [1.54, 1.807) is 18.2 Å². The molecule has 10 rings (SSSR count). The zero-order chi connectivity index (χ0) is 39.8. The quantitative estimate of drug-likeness (QED) is 0.123. The maximum absolute atomic E-state index is 15.4. The van der Waals surface area contributed by atoms with Gasteiger partial charge in [-0.25, -0.2) is 8.78 Å². The maximum atomic E-state index is 15.4. The number of hydrogen-bond acceptors (Lipinski definition) is 3. The van der Waals surface area contributed by atoms with Gasteiger partial charge in [-0.3, -0.25) is 4.98 Å². The molecular formula is C51H37F2IrN3OSi-2. The van der Waals surface area contributed by atoms with E-state index in [1.165, 1.54) is 17.3 Å². The Kier molecular flexibility index (Phi) is 11.1. The molecule has 3 aromatic heterocycles. The van der Waals surface area contributed by atoms with E-state index in [-0.39, 0.29) is 31.7 Å². The smallest absolute Gasteiger partial charge is 0.126 e. The molecule has 7 aromatic carbocycles. The number of hydrogen-bond donors (Lipinski definition) is 0. The molecule has 0 aliphatic carbocycles. The van der Waals surface area contributed by atoms with Crippen LogP contribution >= 0.6 is 0 Å². The molecule has 59 heavy (non-hydrogen) atoms. The minimum atomic E-state index is -1.23. The largest absolute Gasteiger partial charge is 0.500 e. The fourth-order valence-corrected chi connectivity index (χ4v) is 8.40. The molecule has 3 heterocycles. The predicted molar refractivity (Wildman–Crippen MR) is 235 cm³/mol. The Balaban J connectivity index is 0.000000240. The van der Waals surface area contributed by atoms with Gasteiger partial charge in [0.25, 0.3) is 0 Å². The van der Waals surface area contributed by atoms with Crippen molar-refractivity contribution in [1.29, 1.82) is 0 Å². The number of fused-ring (bicyclic) bond motifs is 4. The van der Waals surface area contributed by atoms with E-state index in [0.717, 1.165) is 61.0 Å². The topological polar surface area (TPSA) is 43.9 Å². The van der Waals surface area contributed by atoms with Gasteiger partial charge in [-0.15, -0.1) is 54.1 Å². The summed E-state index contributed by atoms with van der Waals surface area (Å²) in [7, 11) is -1.23. The van der Waals surface area contributed by atoms with Crippen LogP contribution in [0.1, 0.15) is 0 Å². The molecule has 0 unspecified atom stereocenters. The van der Waals surface area contributed by atoms with Gasteiger partial charge in [0.1, 0.15) is 17.2 Å². The van der Waals surface area contributed by atoms with Crippen LogP contribution in [0.2, 0.25) is 19.6 Å². The van der Waals surface area contributed by atoms with Crippen molar-refractivity contribution in [3.05, 3.63) is 194 Å². The summed E-state index contributed by atoms with van der Waals surface area (Å²) in [5, 5.41) is 3.04. The van der Waals surface area contributed by atoms with Gasteiger partial charge in [-0.1, -0.05) is 116 Å². The third-order valence-electron chi connectivity index (χ3n) is 10.3. The molecule has 4 nitrogen and oxygen atoms in total. The van der Waals surface area contributed by atoms with Crippen LogP contribution in [0.15, 0.2) is 174 Å². The summed E-state index contributed by atoms with van der Waals surface area (Å²) in [6.07, 6.45) is 2.02. The van der Waals surface area contributed by atoms with Gasteiger partial charge >= 0.3 is 0 Å². The van der Waals surface area contributed by atoms with Gasteiger partial charge in [0.2, 0.25) is 0 Å². The van der Waals surface area contributed by atoms with Crippen LogP contribution in [-0.4, -0.2) is 22.6 Å². The third-order valence-corrected chi connectivity index (χ3v) is 12.3. The summed E-state index contributed by atoms with van der Waals surface area (Å²) in [5.41, 5.74) is 9.27. The molecule has 291 valence electrons. The Morgan fingerprint density at radius 1 is 0.627 bits per heavy atom. The average molecular weight is 966 g/mol. The van der Waals surface area contributed by atoms with Crippen molar-refractivity contribution in [3.8, 4) is 50.6 Å². The number of furan rings is 1. The number of para-hydroxylation sites is 2. The van der Waals surface area contributed by atoms with E-state index in [2.05, 4.69) is 53.5 Å². The van der Waals surface area contributed by atoms with E-state index in [1.807, 2.05) is 128 Å². The Morgan fingerprint density at radius 2 is 1.31 bits per heavy atom. The van der Waals surface area contributed by atoms with Gasteiger partial charge in [-0.05, 0) is 58.4 Å². The molecule has 0 saturated heterocycles. The minimum absolute atomic E-state index is 0. The molecular weight excluding hydrogens is 929 g/mol. The second-order valence-electron chi connectivity index (χ2n) is 15.1.